The largest absolute Gasteiger partial charge is 0.444 e. The number of ether oxygens (including phenoxy) is 1. The van der Waals surface area contributed by atoms with Crippen LogP contribution < -0.4 is 0 Å². The van der Waals surface area contributed by atoms with E-state index in [1.807, 2.05) is 0 Å². The molecule has 0 aliphatic carbocycles. The molecular weight excluding hydrogens is 216 g/mol. The van der Waals surface area contributed by atoms with Crippen LogP contribution in [0.4, 0.5) is 13.6 Å². The number of halogens is 2. The van der Waals surface area contributed by atoms with Crippen LogP contribution in [0.5, 0.6) is 0 Å². The quantitative estimate of drug-likeness (QED) is 0.699. The molecule has 0 aromatic heterocycles. The summed E-state index contributed by atoms with van der Waals surface area (Å²) in [7, 11) is 0. The van der Waals surface area contributed by atoms with E-state index in [1.54, 1.807) is 27.7 Å². The Bertz CT molecular complexity index is 263. The molecule has 0 spiro atoms. The van der Waals surface area contributed by atoms with Gasteiger partial charge >= 0.3 is 6.09 Å². The number of hydrogen-bond donors (Lipinski definition) is 0. The van der Waals surface area contributed by atoms with Crippen molar-refractivity contribution in [3.05, 3.63) is 0 Å². The van der Waals surface area contributed by atoms with Crippen LogP contribution in [0.25, 0.3) is 0 Å². The van der Waals surface area contributed by atoms with Crippen molar-refractivity contribution in [1.82, 2.24) is 4.90 Å². The molecule has 2 atom stereocenters. The van der Waals surface area contributed by atoms with Gasteiger partial charge in [0.2, 0.25) is 6.43 Å². The highest BCUT2D eigenvalue weighted by molar-refractivity contribution is 5.68. The van der Waals surface area contributed by atoms with E-state index in [1.165, 1.54) is 4.90 Å². The summed E-state index contributed by atoms with van der Waals surface area (Å²) in [6, 6.07) is 0. The number of likely N-dealkylation sites (tertiary alicyclic amines) is 1. The lowest BCUT2D eigenvalue weighted by Gasteiger charge is -2.24. The van der Waals surface area contributed by atoms with E-state index in [0.717, 1.165) is 0 Å². The maximum Gasteiger partial charge on any atom is 0.410 e. The van der Waals surface area contributed by atoms with Gasteiger partial charge in [0, 0.05) is 19.0 Å². The fraction of sp³-hybridized carbons (Fsp3) is 0.909. The van der Waals surface area contributed by atoms with Crippen molar-refractivity contribution in [1.29, 1.82) is 0 Å². The van der Waals surface area contributed by atoms with E-state index in [9.17, 15) is 13.6 Å². The van der Waals surface area contributed by atoms with E-state index in [-0.39, 0.29) is 12.5 Å². The first-order valence-electron chi connectivity index (χ1n) is 5.47. The molecule has 2 unspecified atom stereocenters. The third-order valence-electron chi connectivity index (χ3n) is 2.65. The lowest BCUT2D eigenvalue weighted by Crippen LogP contribution is -2.35. The summed E-state index contributed by atoms with van der Waals surface area (Å²) < 4.78 is 30.3. The molecule has 0 radical (unpaired) electrons. The number of alkyl halides is 2. The molecule has 0 bridgehead atoms. The van der Waals surface area contributed by atoms with Crippen LogP contribution in [-0.4, -0.2) is 36.1 Å². The van der Waals surface area contributed by atoms with Gasteiger partial charge in [0.05, 0.1) is 0 Å². The van der Waals surface area contributed by atoms with Crippen molar-refractivity contribution in [2.75, 3.05) is 13.1 Å². The molecule has 1 heterocycles. The molecule has 0 N–H and O–H groups in total. The minimum atomic E-state index is -2.37. The minimum Gasteiger partial charge on any atom is -0.444 e. The van der Waals surface area contributed by atoms with Gasteiger partial charge in [-0.05, 0) is 26.7 Å². The highest BCUT2D eigenvalue weighted by atomic mass is 19.3. The van der Waals surface area contributed by atoms with Crippen LogP contribution in [0.2, 0.25) is 0 Å². The van der Waals surface area contributed by atoms with Gasteiger partial charge in [-0.2, -0.15) is 0 Å². The zero-order valence-corrected chi connectivity index (χ0v) is 10.2. The van der Waals surface area contributed by atoms with Crippen LogP contribution in [0, 0.1) is 11.8 Å². The fourth-order valence-electron chi connectivity index (χ4n) is 1.80. The van der Waals surface area contributed by atoms with Crippen molar-refractivity contribution in [2.45, 2.75) is 39.7 Å². The molecule has 5 heteroatoms. The van der Waals surface area contributed by atoms with Gasteiger partial charge in [0.25, 0.3) is 0 Å². The van der Waals surface area contributed by atoms with Crippen molar-refractivity contribution in [2.24, 2.45) is 11.8 Å². The van der Waals surface area contributed by atoms with Crippen molar-refractivity contribution in [3.8, 4) is 0 Å². The van der Waals surface area contributed by atoms with Crippen LogP contribution in [0.3, 0.4) is 0 Å². The predicted octanol–water partition coefficient (Wildman–Crippen LogP) is 2.75. The number of carbonyl (C=O) groups is 1. The maximum atomic E-state index is 12.6. The Morgan fingerprint density at radius 3 is 2.31 bits per heavy atom. The molecule has 94 valence electrons. The van der Waals surface area contributed by atoms with E-state index >= 15 is 0 Å². The normalized spacial score (nSPS) is 26.3. The first kappa shape index (κ1) is 13.2. The molecule has 3 nitrogen and oxygen atoms in total. The highest BCUT2D eigenvalue weighted by Gasteiger charge is 2.39. The van der Waals surface area contributed by atoms with E-state index in [2.05, 4.69) is 0 Å². The van der Waals surface area contributed by atoms with Gasteiger partial charge < -0.3 is 9.64 Å². The van der Waals surface area contributed by atoms with E-state index in [4.69, 9.17) is 4.74 Å². The van der Waals surface area contributed by atoms with Gasteiger partial charge in [0.15, 0.2) is 0 Å². The Labute approximate surface area is 94.7 Å². The maximum absolute atomic E-state index is 12.6. The van der Waals surface area contributed by atoms with Crippen LogP contribution >= 0.6 is 0 Å². The molecular formula is C11H19F2NO2. The van der Waals surface area contributed by atoms with Crippen molar-refractivity contribution < 1.29 is 18.3 Å². The summed E-state index contributed by atoms with van der Waals surface area (Å²) in [4.78, 5) is 13.0. The molecule has 0 aromatic rings. The lowest BCUT2D eigenvalue weighted by atomic mass is 9.99. The van der Waals surface area contributed by atoms with Crippen molar-refractivity contribution >= 4 is 6.09 Å². The van der Waals surface area contributed by atoms with E-state index in [0.29, 0.717) is 6.54 Å². The number of rotatable bonds is 1. The summed E-state index contributed by atoms with van der Waals surface area (Å²) in [5, 5.41) is 0. The number of nitrogens with zero attached hydrogens (tertiary/aromatic N) is 1. The minimum absolute atomic E-state index is 0.0910. The summed E-state index contributed by atoms with van der Waals surface area (Å²) in [5.74, 6) is -0.903. The summed E-state index contributed by atoms with van der Waals surface area (Å²) >= 11 is 0. The Kier molecular flexibility index (Phi) is 3.76. The van der Waals surface area contributed by atoms with Gasteiger partial charge in [-0.3, -0.25) is 0 Å². The summed E-state index contributed by atoms with van der Waals surface area (Å²) in [6.45, 7) is 7.46. The summed E-state index contributed by atoms with van der Waals surface area (Å²) in [5.41, 5.74) is -0.580. The van der Waals surface area contributed by atoms with Gasteiger partial charge in [-0.1, -0.05) is 6.92 Å². The van der Waals surface area contributed by atoms with Gasteiger partial charge in [-0.25, -0.2) is 13.6 Å². The lowest BCUT2D eigenvalue weighted by molar-refractivity contribution is 0.0254. The third-order valence-corrected chi connectivity index (χ3v) is 2.65. The Hall–Kier alpha value is -0.870. The van der Waals surface area contributed by atoms with Gasteiger partial charge in [0.1, 0.15) is 5.60 Å². The van der Waals surface area contributed by atoms with Gasteiger partial charge in [-0.15, -0.1) is 0 Å². The average Bonchev–Trinajstić information content (AvgIpc) is 2.44. The zero-order chi connectivity index (χ0) is 12.5. The molecule has 1 rings (SSSR count). The second kappa shape index (κ2) is 4.55. The Balaban J connectivity index is 2.55. The van der Waals surface area contributed by atoms with E-state index < -0.39 is 24.0 Å². The summed E-state index contributed by atoms with van der Waals surface area (Å²) in [6.07, 6.45) is -2.87. The first-order chi connectivity index (χ1) is 7.20. The molecule has 1 fully saturated rings. The third kappa shape index (κ3) is 3.32. The SMILES string of the molecule is CC1CN(C(=O)OC(C)(C)C)CC1C(F)F. The van der Waals surface area contributed by atoms with Crippen LogP contribution in [-0.2, 0) is 4.74 Å². The first-order valence-corrected chi connectivity index (χ1v) is 5.47. The number of amides is 1. The molecule has 1 amide bonds. The monoisotopic (exact) mass is 235 g/mol. The molecule has 1 aliphatic heterocycles. The Morgan fingerprint density at radius 2 is 1.94 bits per heavy atom. The Morgan fingerprint density at radius 1 is 1.38 bits per heavy atom. The smallest absolute Gasteiger partial charge is 0.410 e. The number of carbonyl (C=O) groups excluding carboxylic acids is 1. The topological polar surface area (TPSA) is 29.5 Å². The highest BCUT2D eigenvalue weighted by Crippen LogP contribution is 2.29. The second-order valence-electron chi connectivity index (χ2n) is 5.36. The average molecular weight is 235 g/mol. The predicted molar refractivity (Wildman–Crippen MR) is 56.5 cm³/mol. The molecule has 0 aromatic carbocycles. The zero-order valence-electron chi connectivity index (χ0n) is 10.2. The standard InChI is InChI=1S/C11H19F2NO2/c1-7-5-14(6-8(7)9(12)13)10(15)16-11(2,3)4/h7-9H,5-6H2,1-4H3. The molecule has 1 aliphatic rings. The van der Waals surface area contributed by atoms with Crippen LogP contribution in [0.1, 0.15) is 27.7 Å². The fourth-order valence-corrected chi connectivity index (χ4v) is 1.80. The van der Waals surface area contributed by atoms with Crippen LogP contribution in [0.15, 0.2) is 0 Å². The second-order valence-corrected chi connectivity index (χ2v) is 5.36. The molecule has 16 heavy (non-hydrogen) atoms. The number of hydrogen-bond acceptors (Lipinski definition) is 2. The molecule has 1 saturated heterocycles. The van der Waals surface area contributed by atoms with Crippen molar-refractivity contribution in [3.63, 3.8) is 0 Å². The molecule has 0 saturated carbocycles.